The van der Waals surface area contributed by atoms with E-state index in [1.165, 1.54) is 0 Å². The van der Waals surface area contributed by atoms with Crippen LogP contribution in [0.3, 0.4) is 0 Å². The van der Waals surface area contributed by atoms with Crippen LogP contribution in [0.4, 0.5) is 5.69 Å². The lowest BCUT2D eigenvalue weighted by Crippen LogP contribution is -2.38. The van der Waals surface area contributed by atoms with Crippen molar-refractivity contribution in [2.75, 3.05) is 44.8 Å². The van der Waals surface area contributed by atoms with Crippen molar-refractivity contribution in [2.24, 2.45) is 0 Å². The fourth-order valence-corrected chi connectivity index (χ4v) is 4.62. The number of fused-ring (bicyclic) bond motifs is 2. The number of ether oxygens (including phenoxy) is 2. The predicted octanol–water partition coefficient (Wildman–Crippen LogP) is 3.70. The molecule has 5 aromatic rings. The molecule has 0 spiro atoms. The first-order chi connectivity index (χ1) is 18.2. The van der Waals surface area contributed by atoms with Gasteiger partial charge in [0.05, 0.1) is 43.4 Å². The smallest absolute Gasteiger partial charge is 0.274 e. The van der Waals surface area contributed by atoms with Gasteiger partial charge in [0, 0.05) is 37.3 Å². The van der Waals surface area contributed by atoms with Crippen molar-refractivity contribution < 1.29 is 14.3 Å². The minimum Gasteiger partial charge on any atom is -0.492 e. The summed E-state index contributed by atoms with van der Waals surface area (Å²) in [5, 5.41) is 8.49. The predicted molar refractivity (Wildman–Crippen MR) is 141 cm³/mol. The molecule has 4 heterocycles. The number of imidazole rings is 1. The number of anilines is 1. The molecule has 9 nitrogen and oxygen atoms in total. The van der Waals surface area contributed by atoms with Crippen molar-refractivity contribution in [2.45, 2.75) is 6.54 Å². The first kappa shape index (κ1) is 23.2. The monoisotopic (exact) mass is 496 g/mol. The van der Waals surface area contributed by atoms with Crippen molar-refractivity contribution in [1.82, 2.24) is 24.1 Å². The molecule has 6 rings (SSSR count). The first-order valence-electron chi connectivity index (χ1n) is 12.4. The Bertz CT molecular complexity index is 1520. The molecule has 3 aromatic heterocycles. The van der Waals surface area contributed by atoms with Gasteiger partial charge in [-0.05, 0) is 23.8 Å². The van der Waals surface area contributed by atoms with E-state index in [-0.39, 0.29) is 5.91 Å². The van der Waals surface area contributed by atoms with Gasteiger partial charge < -0.3 is 14.8 Å². The number of hydrogen-bond acceptors (Lipinski definition) is 6. The van der Waals surface area contributed by atoms with E-state index < -0.39 is 0 Å². The lowest BCUT2D eigenvalue weighted by atomic mass is 10.2. The standard InChI is InChI=1S/C28H28N6O3/c35-28(31-24-7-4-8-25-23(24)18-30-34(25)20-21-5-2-1-3-6-21)26-19-29-27-17-22(9-10-33(26)27)37-16-13-32-11-14-36-15-12-32/h1-10,17-19H,11-16,20H2,(H,31,35). The molecule has 0 radical (unpaired) electrons. The second-order valence-electron chi connectivity index (χ2n) is 9.02. The van der Waals surface area contributed by atoms with E-state index in [9.17, 15) is 4.79 Å². The van der Waals surface area contributed by atoms with Crippen molar-refractivity contribution in [3.8, 4) is 5.75 Å². The van der Waals surface area contributed by atoms with Crippen molar-refractivity contribution in [1.29, 1.82) is 0 Å². The summed E-state index contributed by atoms with van der Waals surface area (Å²) in [5.74, 6) is 0.491. The second-order valence-corrected chi connectivity index (χ2v) is 9.02. The molecule has 9 heteroatoms. The summed E-state index contributed by atoms with van der Waals surface area (Å²) in [4.78, 5) is 20.0. The topological polar surface area (TPSA) is 85.9 Å². The number of carbonyl (C=O) groups excluding carboxylic acids is 1. The second kappa shape index (κ2) is 10.4. The van der Waals surface area contributed by atoms with Crippen LogP contribution in [0.1, 0.15) is 16.1 Å². The van der Waals surface area contributed by atoms with Crippen LogP contribution in [-0.2, 0) is 11.3 Å². The summed E-state index contributed by atoms with van der Waals surface area (Å²) in [6.07, 6.45) is 5.20. The maximum atomic E-state index is 13.2. The molecular weight excluding hydrogens is 468 g/mol. The summed E-state index contributed by atoms with van der Waals surface area (Å²) in [5.41, 5.74) is 3.93. The number of hydrogen-bond donors (Lipinski definition) is 1. The van der Waals surface area contributed by atoms with E-state index in [0.29, 0.717) is 30.2 Å². The quantitative estimate of drug-likeness (QED) is 0.353. The molecular formula is C28H28N6O3. The van der Waals surface area contributed by atoms with Crippen LogP contribution >= 0.6 is 0 Å². The third kappa shape index (κ3) is 5.04. The van der Waals surface area contributed by atoms with Crippen LogP contribution in [0.5, 0.6) is 5.75 Å². The summed E-state index contributed by atoms with van der Waals surface area (Å²) in [6, 6.07) is 19.7. The van der Waals surface area contributed by atoms with Gasteiger partial charge in [0.15, 0.2) is 0 Å². The summed E-state index contributed by atoms with van der Waals surface area (Å²) < 4.78 is 15.0. The molecule has 1 aliphatic heterocycles. The number of rotatable bonds is 8. The van der Waals surface area contributed by atoms with Gasteiger partial charge in [-0.1, -0.05) is 36.4 Å². The summed E-state index contributed by atoms with van der Waals surface area (Å²) >= 11 is 0. The molecule has 1 saturated heterocycles. The average Bonchev–Trinajstić information content (AvgIpc) is 3.55. The summed E-state index contributed by atoms with van der Waals surface area (Å²) in [7, 11) is 0. The fourth-order valence-electron chi connectivity index (χ4n) is 4.62. The largest absolute Gasteiger partial charge is 0.492 e. The van der Waals surface area contributed by atoms with E-state index in [0.717, 1.165) is 55.1 Å². The SMILES string of the molecule is O=C(Nc1cccc2c1cnn2Cc1ccccc1)c1cnc2cc(OCCN3CCOCC3)ccn12. The highest BCUT2D eigenvalue weighted by atomic mass is 16.5. The molecule has 0 bridgehead atoms. The van der Waals surface area contributed by atoms with Gasteiger partial charge >= 0.3 is 0 Å². The molecule has 0 saturated carbocycles. The summed E-state index contributed by atoms with van der Waals surface area (Å²) in [6.45, 7) is 5.51. The van der Waals surface area contributed by atoms with Gasteiger partial charge in [0.2, 0.25) is 0 Å². The van der Waals surface area contributed by atoms with E-state index in [1.807, 2.05) is 59.4 Å². The Kier molecular flexibility index (Phi) is 6.53. The first-order valence-corrected chi connectivity index (χ1v) is 12.4. The zero-order chi connectivity index (χ0) is 25.0. The number of nitrogens with zero attached hydrogens (tertiary/aromatic N) is 5. The van der Waals surface area contributed by atoms with Gasteiger partial charge in [-0.3, -0.25) is 18.8 Å². The molecule has 37 heavy (non-hydrogen) atoms. The van der Waals surface area contributed by atoms with Gasteiger partial charge in [0.25, 0.3) is 5.91 Å². The van der Waals surface area contributed by atoms with Gasteiger partial charge in [-0.15, -0.1) is 0 Å². The number of aromatic nitrogens is 4. The average molecular weight is 497 g/mol. The van der Waals surface area contributed by atoms with Crippen LogP contribution in [-0.4, -0.2) is 69.4 Å². The van der Waals surface area contributed by atoms with Crippen LogP contribution in [0.15, 0.2) is 79.3 Å². The minimum absolute atomic E-state index is 0.239. The molecule has 0 atom stereocenters. The Morgan fingerprint density at radius 1 is 1.03 bits per heavy atom. The maximum Gasteiger partial charge on any atom is 0.274 e. The molecule has 1 aliphatic rings. The lowest BCUT2D eigenvalue weighted by molar-refractivity contribution is 0.0322. The Morgan fingerprint density at radius 3 is 2.76 bits per heavy atom. The highest BCUT2D eigenvalue weighted by Crippen LogP contribution is 2.25. The van der Waals surface area contributed by atoms with E-state index in [2.05, 4.69) is 32.4 Å². The third-order valence-electron chi connectivity index (χ3n) is 6.61. The Labute approximate surface area is 214 Å². The zero-order valence-electron chi connectivity index (χ0n) is 20.4. The minimum atomic E-state index is -0.239. The van der Waals surface area contributed by atoms with E-state index in [1.54, 1.807) is 16.8 Å². The van der Waals surface area contributed by atoms with Gasteiger partial charge in [-0.25, -0.2) is 4.98 Å². The molecule has 1 N–H and O–H groups in total. The number of morpholine rings is 1. The van der Waals surface area contributed by atoms with Crippen molar-refractivity contribution in [3.05, 3.63) is 90.5 Å². The zero-order valence-corrected chi connectivity index (χ0v) is 20.4. The molecule has 0 unspecified atom stereocenters. The molecule has 0 aliphatic carbocycles. The van der Waals surface area contributed by atoms with Crippen LogP contribution in [0, 0.1) is 0 Å². The molecule has 1 amide bonds. The Morgan fingerprint density at radius 2 is 1.89 bits per heavy atom. The van der Waals surface area contributed by atoms with Gasteiger partial charge in [-0.2, -0.15) is 5.10 Å². The number of carbonyl (C=O) groups is 1. The molecule has 2 aromatic carbocycles. The molecule has 1 fully saturated rings. The highest BCUT2D eigenvalue weighted by Gasteiger charge is 2.16. The third-order valence-corrected chi connectivity index (χ3v) is 6.61. The highest BCUT2D eigenvalue weighted by molar-refractivity contribution is 6.08. The molecule has 188 valence electrons. The van der Waals surface area contributed by atoms with E-state index >= 15 is 0 Å². The Balaban J connectivity index is 1.15. The van der Waals surface area contributed by atoms with Crippen LogP contribution in [0.25, 0.3) is 16.6 Å². The van der Waals surface area contributed by atoms with E-state index in [4.69, 9.17) is 9.47 Å². The van der Waals surface area contributed by atoms with Crippen molar-refractivity contribution in [3.63, 3.8) is 0 Å². The lowest BCUT2D eigenvalue weighted by Gasteiger charge is -2.26. The number of benzene rings is 2. The maximum absolute atomic E-state index is 13.2. The van der Waals surface area contributed by atoms with Crippen molar-refractivity contribution >= 4 is 28.1 Å². The van der Waals surface area contributed by atoms with Crippen LogP contribution < -0.4 is 10.1 Å². The fraction of sp³-hybridized carbons (Fsp3) is 0.250. The number of pyridine rings is 1. The van der Waals surface area contributed by atoms with Crippen LogP contribution in [0.2, 0.25) is 0 Å². The number of nitrogens with one attached hydrogen (secondary N) is 1. The normalized spacial score (nSPS) is 14.3. The van der Waals surface area contributed by atoms with Gasteiger partial charge in [0.1, 0.15) is 23.7 Å². The Hall–Kier alpha value is -4.21. The number of amides is 1.